The Hall–Kier alpha value is -2.80. The van der Waals surface area contributed by atoms with Gasteiger partial charge in [0.15, 0.2) is 0 Å². The first-order valence-corrected chi connectivity index (χ1v) is 8.53. The molecule has 26 heavy (non-hydrogen) atoms. The lowest BCUT2D eigenvalue weighted by Gasteiger charge is -2.36. The van der Waals surface area contributed by atoms with Gasteiger partial charge >= 0.3 is 0 Å². The largest absolute Gasteiger partial charge is 0.497 e. The molecule has 0 radical (unpaired) electrons. The number of piperazine rings is 1. The van der Waals surface area contributed by atoms with E-state index in [1.54, 1.807) is 26.4 Å². The Kier molecular flexibility index (Phi) is 5.58. The lowest BCUT2D eigenvalue weighted by molar-refractivity contribution is -0.384. The van der Waals surface area contributed by atoms with Crippen molar-refractivity contribution in [3.8, 4) is 11.5 Å². The van der Waals surface area contributed by atoms with Crippen molar-refractivity contribution in [2.75, 3.05) is 45.3 Å². The van der Waals surface area contributed by atoms with Crippen molar-refractivity contribution < 1.29 is 14.4 Å². The first kappa shape index (κ1) is 18.0. The molecule has 138 valence electrons. The maximum absolute atomic E-state index is 10.8. The third-order valence-corrected chi connectivity index (χ3v) is 4.69. The van der Waals surface area contributed by atoms with Crippen molar-refractivity contribution in [2.45, 2.75) is 6.54 Å². The summed E-state index contributed by atoms with van der Waals surface area (Å²) in [4.78, 5) is 15.0. The standard InChI is InChI=1S/C19H23N3O4/c1-25-18-8-3-15(19(13-18)26-2)14-20-9-11-21(12-10-20)16-4-6-17(7-5-16)22(23)24/h3-8,13H,9-12,14H2,1-2H3. The zero-order valence-electron chi connectivity index (χ0n) is 15.1. The zero-order chi connectivity index (χ0) is 18.5. The maximum Gasteiger partial charge on any atom is 0.269 e. The number of hydrogen-bond donors (Lipinski definition) is 0. The van der Waals surface area contributed by atoms with Crippen LogP contribution in [0.3, 0.4) is 0 Å². The summed E-state index contributed by atoms with van der Waals surface area (Å²) < 4.78 is 10.7. The number of anilines is 1. The summed E-state index contributed by atoms with van der Waals surface area (Å²) in [6.45, 7) is 4.44. The summed E-state index contributed by atoms with van der Waals surface area (Å²) in [5.74, 6) is 1.62. The number of methoxy groups -OCH3 is 2. The highest BCUT2D eigenvalue weighted by Gasteiger charge is 2.19. The predicted octanol–water partition coefficient (Wildman–Crippen LogP) is 2.93. The van der Waals surface area contributed by atoms with E-state index in [0.717, 1.165) is 55.5 Å². The number of ether oxygens (including phenoxy) is 2. The van der Waals surface area contributed by atoms with Gasteiger partial charge in [0.25, 0.3) is 5.69 Å². The molecule has 1 heterocycles. The molecule has 0 spiro atoms. The molecule has 2 aromatic carbocycles. The van der Waals surface area contributed by atoms with Gasteiger partial charge in [0.1, 0.15) is 11.5 Å². The van der Waals surface area contributed by atoms with Crippen LogP contribution in [0.5, 0.6) is 11.5 Å². The van der Waals surface area contributed by atoms with Crippen molar-refractivity contribution >= 4 is 11.4 Å². The lowest BCUT2D eigenvalue weighted by atomic mass is 10.1. The number of hydrogen-bond acceptors (Lipinski definition) is 6. The molecule has 1 fully saturated rings. The summed E-state index contributed by atoms with van der Waals surface area (Å²) in [6.07, 6.45) is 0. The highest BCUT2D eigenvalue weighted by atomic mass is 16.6. The molecule has 1 aliphatic rings. The van der Waals surface area contributed by atoms with Gasteiger partial charge in [-0.3, -0.25) is 15.0 Å². The Balaban J connectivity index is 1.59. The fraction of sp³-hybridized carbons (Fsp3) is 0.368. The average molecular weight is 357 g/mol. The van der Waals surface area contributed by atoms with Crippen molar-refractivity contribution in [2.24, 2.45) is 0 Å². The van der Waals surface area contributed by atoms with Gasteiger partial charge in [-0.1, -0.05) is 6.07 Å². The van der Waals surface area contributed by atoms with Crippen LogP contribution in [0.4, 0.5) is 11.4 Å². The molecule has 1 aliphatic heterocycles. The number of nitro benzene ring substituents is 1. The fourth-order valence-electron chi connectivity index (χ4n) is 3.17. The van der Waals surface area contributed by atoms with E-state index in [0.29, 0.717) is 0 Å². The van der Waals surface area contributed by atoms with Crippen LogP contribution < -0.4 is 14.4 Å². The van der Waals surface area contributed by atoms with Crippen LogP contribution in [-0.2, 0) is 6.54 Å². The second kappa shape index (κ2) is 8.05. The van der Waals surface area contributed by atoms with Gasteiger partial charge in [0.2, 0.25) is 0 Å². The average Bonchev–Trinajstić information content (AvgIpc) is 2.69. The molecule has 3 rings (SSSR count). The molecule has 1 saturated heterocycles. The quantitative estimate of drug-likeness (QED) is 0.585. The molecule has 7 nitrogen and oxygen atoms in total. The molecule has 7 heteroatoms. The van der Waals surface area contributed by atoms with E-state index >= 15 is 0 Å². The van der Waals surface area contributed by atoms with Crippen LogP contribution in [0.15, 0.2) is 42.5 Å². The predicted molar refractivity (Wildman–Crippen MR) is 100 cm³/mol. The van der Waals surface area contributed by atoms with Crippen LogP contribution in [0, 0.1) is 10.1 Å². The molecule has 0 amide bonds. The van der Waals surface area contributed by atoms with Gasteiger partial charge in [0.05, 0.1) is 19.1 Å². The van der Waals surface area contributed by atoms with Crippen LogP contribution in [0.1, 0.15) is 5.56 Å². The Bertz CT molecular complexity index is 756. The summed E-state index contributed by atoms with van der Waals surface area (Å²) in [5.41, 5.74) is 2.29. The first-order chi connectivity index (χ1) is 12.6. The number of benzene rings is 2. The minimum Gasteiger partial charge on any atom is -0.497 e. The lowest BCUT2D eigenvalue weighted by Crippen LogP contribution is -2.46. The second-order valence-electron chi connectivity index (χ2n) is 6.21. The third kappa shape index (κ3) is 4.05. The number of rotatable bonds is 6. The molecule has 0 bridgehead atoms. The van der Waals surface area contributed by atoms with Gasteiger partial charge in [0, 0.05) is 62.2 Å². The van der Waals surface area contributed by atoms with Gasteiger partial charge in [-0.05, 0) is 18.2 Å². The molecule has 0 unspecified atom stereocenters. The van der Waals surface area contributed by atoms with Crippen molar-refractivity contribution in [1.82, 2.24) is 4.90 Å². The maximum atomic E-state index is 10.8. The Labute approximate surface area is 152 Å². The summed E-state index contributed by atoms with van der Waals surface area (Å²) >= 11 is 0. The molecule has 0 N–H and O–H groups in total. The molecule has 0 saturated carbocycles. The van der Waals surface area contributed by atoms with Gasteiger partial charge < -0.3 is 14.4 Å². The van der Waals surface area contributed by atoms with Crippen molar-refractivity contribution in [3.63, 3.8) is 0 Å². The highest BCUT2D eigenvalue weighted by molar-refractivity contribution is 5.51. The van der Waals surface area contributed by atoms with Gasteiger partial charge in [-0.2, -0.15) is 0 Å². The molecule has 2 aromatic rings. The smallest absolute Gasteiger partial charge is 0.269 e. The summed E-state index contributed by atoms with van der Waals surface area (Å²) in [5, 5.41) is 10.8. The molecular weight excluding hydrogens is 334 g/mol. The number of non-ortho nitro benzene ring substituents is 1. The summed E-state index contributed by atoms with van der Waals surface area (Å²) in [7, 11) is 3.32. The van der Waals surface area contributed by atoms with E-state index < -0.39 is 0 Å². The normalized spacial score (nSPS) is 14.9. The van der Waals surface area contributed by atoms with Gasteiger partial charge in [-0.25, -0.2) is 0 Å². The molecule has 0 atom stereocenters. The minimum atomic E-state index is -0.371. The molecular formula is C19H23N3O4. The third-order valence-electron chi connectivity index (χ3n) is 4.69. The molecule has 0 aliphatic carbocycles. The zero-order valence-corrected chi connectivity index (χ0v) is 15.1. The van der Waals surface area contributed by atoms with Crippen molar-refractivity contribution in [3.05, 3.63) is 58.1 Å². The number of nitro groups is 1. The Morgan fingerprint density at radius 1 is 1.00 bits per heavy atom. The van der Waals surface area contributed by atoms with E-state index in [1.165, 1.54) is 0 Å². The first-order valence-electron chi connectivity index (χ1n) is 8.53. The number of nitrogens with zero attached hydrogens (tertiary/aromatic N) is 3. The fourth-order valence-corrected chi connectivity index (χ4v) is 3.17. The van der Waals surface area contributed by atoms with Crippen molar-refractivity contribution in [1.29, 1.82) is 0 Å². The SMILES string of the molecule is COc1ccc(CN2CCN(c3ccc([N+](=O)[O-])cc3)CC2)c(OC)c1. The molecule has 0 aromatic heterocycles. The van der Waals surface area contributed by atoms with E-state index in [4.69, 9.17) is 9.47 Å². The van der Waals surface area contributed by atoms with Crippen LogP contribution in [-0.4, -0.2) is 50.2 Å². The van der Waals surface area contributed by atoms with E-state index in [-0.39, 0.29) is 10.6 Å². The van der Waals surface area contributed by atoms with Gasteiger partial charge in [-0.15, -0.1) is 0 Å². The topological polar surface area (TPSA) is 68.1 Å². The second-order valence-corrected chi connectivity index (χ2v) is 6.21. The summed E-state index contributed by atoms with van der Waals surface area (Å²) in [6, 6.07) is 12.7. The Morgan fingerprint density at radius 3 is 2.27 bits per heavy atom. The van der Waals surface area contributed by atoms with Crippen LogP contribution in [0.25, 0.3) is 0 Å². The van der Waals surface area contributed by atoms with Crippen LogP contribution in [0.2, 0.25) is 0 Å². The monoisotopic (exact) mass is 357 g/mol. The van der Waals surface area contributed by atoms with E-state index in [2.05, 4.69) is 9.80 Å². The van der Waals surface area contributed by atoms with Crippen LogP contribution >= 0.6 is 0 Å². The highest BCUT2D eigenvalue weighted by Crippen LogP contribution is 2.27. The minimum absolute atomic E-state index is 0.124. The Morgan fingerprint density at radius 2 is 1.69 bits per heavy atom. The van der Waals surface area contributed by atoms with E-state index in [1.807, 2.05) is 30.3 Å². The van der Waals surface area contributed by atoms with E-state index in [9.17, 15) is 10.1 Å².